The second-order valence-electron chi connectivity index (χ2n) is 4.02. The minimum atomic E-state index is -1.15. The first-order chi connectivity index (χ1) is 9.04. The summed E-state index contributed by atoms with van der Waals surface area (Å²) in [6.07, 6.45) is 1.15. The zero-order valence-corrected chi connectivity index (χ0v) is 10.9. The molecule has 6 nitrogen and oxygen atoms in total. The molecule has 0 heterocycles. The number of phenolic OH excluding ortho intramolecular Hbond substituents is 1. The van der Waals surface area contributed by atoms with Gasteiger partial charge in [0.1, 0.15) is 0 Å². The van der Waals surface area contributed by atoms with Crippen molar-refractivity contribution in [2.45, 2.75) is 19.4 Å². The van der Waals surface area contributed by atoms with Gasteiger partial charge >= 0.3 is 5.97 Å². The van der Waals surface area contributed by atoms with Crippen LogP contribution in [-0.4, -0.2) is 41.1 Å². The fourth-order valence-corrected chi connectivity index (χ4v) is 1.85. The molecule has 6 heteroatoms. The lowest BCUT2D eigenvalue weighted by Crippen LogP contribution is -2.33. The SMILES string of the molecule is CCCN(C=O)C(C(=O)O)c1ccc(OC)c(O)c1. The van der Waals surface area contributed by atoms with Gasteiger partial charge in [0, 0.05) is 6.54 Å². The molecule has 0 aromatic heterocycles. The molecule has 1 aromatic rings. The number of carboxylic acids is 1. The number of amides is 1. The molecule has 1 unspecified atom stereocenters. The molecule has 0 saturated heterocycles. The summed E-state index contributed by atoms with van der Waals surface area (Å²) >= 11 is 0. The third-order valence-electron chi connectivity index (χ3n) is 2.70. The van der Waals surface area contributed by atoms with Crippen LogP contribution < -0.4 is 4.74 Å². The van der Waals surface area contributed by atoms with E-state index in [0.29, 0.717) is 24.9 Å². The maximum absolute atomic E-state index is 11.3. The average Bonchev–Trinajstić information content (AvgIpc) is 2.38. The molecule has 0 bridgehead atoms. The van der Waals surface area contributed by atoms with Crippen LogP contribution in [0.1, 0.15) is 24.9 Å². The lowest BCUT2D eigenvalue weighted by atomic mass is 10.0. The molecule has 0 saturated carbocycles. The molecule has 0 aliphatic carbocycles. The molecule has 1 amide bonds. The summed E-state index contributed by atoms with van der Waals surface area (Å²) in [7, 11) is 1.40. The van der Waals surface area contributed by atoms with Crippen molar-refractivity contribution in [3.05, 3.63) is 23.8 Å². The molecule has 1 atom stereocenters. The summed E-state index contributed by atoms with van der Waals surface area (Å²) in [6.45, 7) is 2.17. The number of methoxy groups -OCH3 is 1. The van der Waals surface area contributed by atoms with Gasteiger partial charge in [-0.3, -0.25) is 4.79 Å². The highest BCUT2D eigenvalue weighted by Crippen LogP contribution is 2.30. The Labute approximate surface area is 111 Å². The highest BCUT2D eigenvalue weighted by molar-refractivity contribution is 5.78. The van der Waals surface area contributed by atoms with E-state index in [1.54, 1.807) is 0 Å². The van der Waals surface area contributed by atoms with E-state index in [2.05, 4.69) is 0 Å². The summed E-state index contributed by atoms with van der Waals surface area (Å²) in [6, 6.07) is 3.16. The Hall–Kier alpha value is -2.24. The van der Waals surface area contributed by atoms with Crippen LogP contribution in [0.2, 0.25) is 0 Å². The van der Waals surface area contributed by atoms with Crippen LogP contribution in [0, 0.1) is 0 Å². The lowest BCUT2D eigenvalue weighted by molar-refractivity contribution is -0.146. The van der Waals surface area contributed by atoms with Crippen molar-refractivity contribution in [3.63, 3.8) is 0 Å². The third-order valence-corrected chi connectivity index (χ3v) is 2.70. The van der Waals surface area contributed by atoms with E-state index in [4.69, 9.17) is 4.74 Å². The lowest BCUT2D eigenvalue weighted by Gasteiger charge is -2.25. The Morgan fingerprint density at radius 2 is 2.21 bits per heavy atom. The third kappa shape index (κ3) is 3.37. The first-order valence-electron chi connectivity index (χ1n) is 5.85. The number of hydrogen-bond acceptors (Lipinski definition) is 4. The topological polar surface area (TPSA) is 87.1 Å². The number of aromatic hydroxyl groups is 1. The molecular formula is C13H17NO5. The summed E-state index contributed by atoms with van der Waals surface area (Å²) in [5.41, 5.74) is 0.325. The van der Waals surface area contributed by atoms with Crippen LogP contribution in [0.3, 0.4) is 0 Å². The van der Waals surface area contributed by atoms with Gasteiger partial charge in [0.05, 0.1) is 7.11 Å². The van der Waals surface area contributed by atoms with Gasteiger partial charge in [-0.05, 0) is 24.1 Å². The standard InChI is InChI=1S/C13H17NO5/c1-3-6-14(8-15)12(13(17)18)9-4-5-11(19-2)10(16)7-9/h4-5,7-8,12,16H,3,6H2,1-2H3,(H,17,18). The van der Waals surface area contributed by atoms with Crippen LogP contribution in [0.25, 0.3) is 0 Å². The summed E-state index contributed by atoms with van der Waals surface area (Å²) in [5, 5.41) is 18.9. The second kappa shape index (κ2) is 6.63. The predicted molar refractivity (Wildman–Crippen MR) is 68.1 cm³/mol. The largest absolute Gasteiger partial charge is 0.504 e. The number of benzene rings is 1. The first kappa shape index (κ1) is 14.8. The van der Waals surface area contributed by atoms with Gasteiger partial charge < -0.3 is 19.8 Å². The van der Waals surface area contributed by atoms with Crippen molar-refractivity contribution < 1.29 is 24.5 Å². The van der Waals surface area contributed by atoms with Crippen LogP contribution in [0.15, 0.2) is 18.2 Å². The number of carbonyl (C=O) groups excluding carboxylic acids is 1. The number of aliphatic carboxylic acids is 1. The zero-order valence-electron chi connectivity index (χ0n) is 10.9. The molecule has 104 valence electrons. The van der Waals surface area contributed by atoms with E-state index in [1.165, 1.54) is 30.2 Å². The molecule has 0 fully saturated rings. The van der Waals surface area contributed by atoms with Crippen molar-refractivity contribution in [1.29, 1.82) is 0 Å². The van der Waals surface area contributed by atoms with Crippen LogP contribution in [0.4, 0.5) is 0 Å². The molecule has 0 aliphatic rings. The fourth-order valence-electron chi connectivity index (χ4n) is 1.85. The van der Waals surface area contributed by atoms with Crippen molar-refractivity contribution >= 4 is 12.4 Å². The molecule has 1 rings (SSSR count). The number of rotatable bonds is 7. The molecule has 0 spiro atoms. The maximum atomic E-state index is 11.3. The smallest absolute Gasteiger partial charge is 0.331 e. The highest BCUT2D eigenvalue weighted by Gasteiger charge is 2.26. The number of hydrogen-bond donors (Lipinski definition) is 2. The van der Waals surface area contributed by atoms with Crippen molar-refractivity contribution in [1.82, 2.24) is 4.90 Å². The minimum absolute atomic E-state index is 0.159. The Balaban J connectivity index is 3.15. The Morgan fingerprint density at radius 1 is 1.53 bits per heavy atom. The quantitative estimate of drug-likeness (QED) is 0.729. The van der Waals surface area contributed by atoms with Crippen LogP contribution in [-0.2, 0) is 9.59 Å². The van der Waals surface area contributed by atoms with Gasteiger partial charge in [-0.15, -0.1) is 0 Å². The molecule has 1 aromatic carbocycles. The Kier molecular flexibility index (Phi) is 5.17. The number of phenols is 1. The van der Waals surface area contributed by atoms with E-state index >= 15 is 0 Å². The summed E-state index contributed by atoms with van der Waals surface area (Å²) in [5.74, 6) is -1.06. The molecule has 19 heavy (non-hydrogen) atoms. The van der Waals surface area contributed by atoms with Crippen LogP contribution in [0.5, 0.6) is 11.5 Å². The molecule has 2 N–H and O–H groups in total. The normalized spacial score (nSPS) is 11.7. The van der Waals surface area contributed by atoms with Gasteiger partial charge in [0.15, 0.2) is 17.5 Å². The Bertz CT molecular complexity index is 460. The van der Waals surface area contributed by atoms with E-state index in [9.17, 15) is 19.8 Å². The number of carbonyl (C=O) groups is 2. The van der Waals surface area contributed by atoms with Crippen molar-refractivity contribution in [2.24, 2.45) is 0 Å². The maximum Gasteiger partial charge on any atom is 0.331 e. The summed E-state index contributed by atoms with van der Waals surface area (Å²) in [4.78, 5) is 23.5. The zero-order chi connectivity index (χ0) is 14.4. The van der Waals surface area contributed by atoms with Crippen LogP contribution >= 0.6 is 0 Å². The number of ether oxygens (including phenoxy) is 1. The number of nitrogens with zero attached hydrogens (tertiary/aromatic N) is 1. The fraction of sp³-hybridized carbons (Fsp3) is 0.385. The first-order valence-corrected chi connectivity index (χ1v) is 5.85. The summed E-state index contributed by atoms with van der Waals surface area (Å²) < 4.78 is 4.89. The molecular weight excluding hydrogens is 250 g/mol. The van der Waals surface area contributed by atoms with Gasteiger partial charge in [-0.25, -0.2) is 4.79 Å². The van der Waals surface area contributed by atoms with Gasteiger partial charge in [-0.2, -0.15) is 0 Å². The van der Waals surface area contributed by atoms with E-state index in [0.717, 1.165) is 0 Å². The Morgan fingerprint density at radius 3 is 2.63 bits per heavy atom. The number of carboxylic acid groups (broad SMARTS) is 1. The van der Waals surface area contributed by atoms with E-state index < -0.39 is 12.0 Å². The van der Waals surface area contributed by atoms with Crippen molar-refractivity contribution in [3.8, 4) is 11.5 Å². The van der Waals surface area contributed by atoms with Gasteiger partial charge in [0.2, 0.25) is 6.41 Å². The van der Waals surface area contributed by atoms with E-state index in [1.807, 2.05) is 6.92 Å². The van der Waals surface area contributed by atoms with Crippen molar-refractivity contribution in [2.75, 3.05) is 13.7 Å². The monoisotopic (exact) mass is 267 g/mol. The average molecular weight is 267 g/mol. The molecule has 0 radical (unpaired) electrons. The minimum Gasteiger partial charge on any atom is -0.504 e. The highest BCUT2D eigenvalue weighted by atomic mass is 16.5. The van der Waals surface area contributed by atoms with Gasteiger partial charge in [0.25, 0.3) is 0 Å². The molecule has 0 aliphatic heterocycles. The van der Waals surface area contributed by atoms with Gasteiger partial charge in [-0.1, -0.05) is 13.0 Å². The second-order valence-corrected chi connectivity index (χ2v) is 4.02. The predicted octanol–water partition coefficient (Wildman–Crippen LogP) is 1.39. The van der Waals surface area contributed by atoms with E-state index in [-0.39, 0.29) is 11.5 Å².